The zero-order valence-corrected chi connectivity index (χ0v) is 40.1. The van der Waals surface area contributed by atoms with Gasteiger partial charge in [-0.1, -0.05) is 140 Å². The van der Waals surface area contributed by atoms with Crippen molar-refractivity contribution in [3.63, 3.8) is 0 Å². The second-order valence-electron chi connectivity index (χ2n) is 19.5. The quantitative estimate of drug-likeness (QED) is 0.173. The zero-order chi connectivity index (χ0) is 46.2. The van der Waals surface area contributed by atoms with Crippen molar-refractivity contribution in [3.8, 4) is 11.4 Å². The summed E-state index contributed by atoms with van der Waals surface area (Å²) in [7, 11) is 0. The Kier molecular flexibility index (Phi) is 8.61. The van der Waals surface area contributed by atoms with Gasteiger partial charge in [0.2, 0.25) is 0 Å². The molecule has 15 rings (SSSR count). The van der Waals surface area contributed by atoms with Crippen LogP contribution in [0.1, 0.15) is 48.4 Å². The molecule has 0 fully saturated rings. The summed E-state index contributed by atoms with van der Waals surface area (Å²) in [5, 5.41) is 12.4. The molecular weight excluding hydrogens is 891 g/mol. The van der Waals surface area contributed by atoms with Crippen LogP contribution in [0.4, 0.5) is 0 Å². The summed E-state index contributed by atoms with van der Waals surface area (Å²) in [6.07, 6.45) is 11.9. The van der Waals surface area contributed by atoms with Gasteiger partial charge in [-0.15, -0.1) is 22.7 Å². The van der Waals surface area contributed by atoms with E-state index in [1.165, 1.54) is 78.2 Å². The molecule has 0 amide bonds. The monoisotopic (exact) mass is 933 g/mol. The molecule has 332 valence electrons. The van der Waals surface area contributed by atoms with E-state index in [0.717, 1.165) is 57.0 Å². The number of amidine groups is 1. The van der Waals surface area contributed by atoms with E-state index >= 15 is 0 Å². The summed E-state index contributed by atoms with van der Waals surface area (Å²) in [4.78, 5) is 11.6. The van der Waals surface area contributed by atoms with Crippen LogP contribution in [0.5, 0.6) is 5.75 Å². The van der Waals surface area contributed by atoms with E-state index < -0.39 is 5.60 Å². The summed E-state index contributed by atoms with van der Waals surface area (Å²) in [5.74, 6) is 1.68. The second kappa shape index (κ2) is 15.0. The van der Waals surface area contributed by atoms with Crippen LogP contribution in [0.2, 0.25) is 0 Å². The highest BCUT2D eigenvalue weighted by molar-refractivity contribution is 7.26. The van der Waals surface area contributed by atoms with Crippen LogP contribution in [0.3, 0.4) is 0 Å². The Hall–Kier alpha value is -7.90. The number of aliphatic imine (C=N–C) groups is 2. The minimum absolute atomic E-state index is 0.0173. The van der Waals surface area contributed by atoms with Gasteiger partial charge in [0.15, 0.2) is 5.84 Å². The molecule has 0 spiro atoms. The summed E-state index contributed by atoms with van der Waals surface area (Å²) in [6, 6.07) is 62.7. The van der Waals surface area contributed by atoms with Crippen molar-refractivity contribution in [1.82, 2.24) is 4.57 Å². The Morgan fingerprint density at radius 2 is 1.13 bits per heavy atom. The lowest BCUT2D eigenvalue weighted by Gasteiger charge is -2.27. The molecule has 0 radical (unpaired) electrons. The fourth-order valence-electron chi connectivity index (χ4n) is 11.6. The predicted molar refractivity (Wildman–Crippen MR) is 299 cm³/mol. The van der Waals surface area contributed by atoms with E-state index in [1.807, 2.05) is 22.7 Å². The van der Waals surface area contributed by atoms with Gasteiger partial charge in [0.05, 0.1) is 28.1 Å². The summed E-state index contributed by atoms with van der Waals surface area (Å²) in [6.45, 7) is 4.55. The van der Waals surface area contributed by atoms with Crippen LogP contribution in [0.15, 0.2) is 210 Å². The van der Waals surface area contributed by atoms with Crippen molar-refractivity contribution in [1.29, 1.82) is 0 Å². The van der Waals surface area contributed by atoms with Crippen LogP contribution in [-0.2, 0) is 0 Å². The fourth-order valence-corrected chi connectivity index (χ4v) is 13.9. The molecule has 12 aromatic rings. The van der Waals surface area contributed by atoms with Gasteiger partial charge in [-0.25, -0.2) is 9.98 Å². The average molecular weight is 934 g/mol. The molecule has 70 heavy (non-hydrogen) atoms. The molecule has 0 saturated heterocycles. The van der Waals surface area contributed by atoms with Crippen molar-refractivity contribution < 1.29 is 4.74 Å². The lowest BCUT2D eigenvalue weighted by Crippen LogP contribution is -2.32. The first-order chi connectivity index (χ1) is 34.4. The Balaban J connectivity index is 1.01. The first kappa shape index (κ1) is 40.0. The Bertz CT molecular complexity index is 4330. The molecular formula is C64H43N3OS2. The van der Waals surface area contributed by atoms with Crippen molar-refractivity contribution in [3.05, 3.63) is 222 Å². The molecule has 3 aliphatic rings. The summed E-state index contributed by atoms with van der Waals surface area (Å²) in [5.41, 5.74) is 9.13. The third kappa shape index (κ3) is 6.06. The molecule has 0 saturated carbocycles. The largest absolute Gasteiger partial charge is 0.482 e. The van der Waals surface area contributed by atoms with E-state index in [-0.39, 0.29) is 11.8 Å². The standard InChI is InChI=1S/C64H43N3OS2/c1-37-22-27-53(42-23-25-46-44-17-7-9-20-58(44)69-60(46)33-42)65-63(43-24-26-47-45-18-8-10-21-59(45)70-61(47)34-43)66-62(37)51-35-50-52-19-11-12-28-64(52,2)68-57(50)36-56(51)67-54-31-40-15-5-3-13-38(40)29-48(54)49-30-39-14-4-6-16-41(39)32-55(49)67/h3-21,23-37,52H,22H2,1-2H3/b53-27+,65-63?,66-62?. The number of hydrogen-bond acceptors (Lipinski definition) is 5. The Morgan fingerprint density at radius 1 is 0.557 bits per heavy atom. The van der Waals surface area contributed by atoms with Crippen molar-refractivity contribution in [2.75, 3.05) is 0 Å². The first-order valence-corrected chi connectivity index (χ1v) is 25.8. The normalized spacial score (nSPS) is 19.7. The Labute approximate surface area is 412 Å². The molecule has 5 heterocycles. The number of aromatic nitrogens is 1. The van der Waals surface area contributed by atoms with Gasteiger partial charge in [-0.2, -0.15) is 0 Å². The minimum atomic E-state index is -0.506. The highest BCUT2D eigenvalue weighted by Gasteiger charge is 2.43. The van der Waals surface area contributed by atoms with Crippen LogP contribution >= 0.6 is 22.7 Å². The number of hydrogen-bond donors (Lipinski definition) is 0. The predicted octanol–water partition coefficient (Wildman–Crippen LogP) is 17.5. The van der Waals surface area contributed by atoms with E-state index in [0.29, 0.717) is 5.84 Å². The highest BCUT2D eigenvalue weighted by Crippen LogP contribution is 2.51. The summed E-state index contributed by atoms with van der Waals surface area (Å²) < 4.78 is 14.6. The van der Waals surface area contributed by atoms with Crippen LogP contribution < -0.4 is 4.74 Å². The first-order valence-electron chi connectivity index (χ1n) is 24.2. The number of ether oxygens (including phenoxy) is 1. The molecule has 1 aliphatic carbocycles. The van der Waals surface area contributed by atoms with Crippen LogP contribution in [0, 0.1) is 5.92 Å². The van der Waals surface area contributed by atoms with Gasteiger partial charge in [-0.05, 0) is 95.6 Å². The molecule has 0 bridgehead atoms. The molecule has 3 atom stereocenters. The lowest BCUT2D eigenvalue weighted by atomic mass is 9.81. The van der Waals surface area contributed by atoms with Gasteiger partial charge in [0.25, 0.3) is 0 Å². The smallest absolute Gasteiger partial charge is 0.160 e. The van der Waals surface area contributed by atoms with E-state index in [1.54, 1.807) is 0 Å². The molecule has 3 unspecified atom stereocenters. The second-order valence-corrected chi connectivity index (χ2v) is 21.6. The third-order valence-corrected chi connectivity index (χ3v) is 17.4. The molecule has 6 heteroatoms. The van der Waals surface area contributed by atoms with Gasteiger partial charge in [0.1, 0.15) is 11.4 Å². The number of allylic oxidation sites excluding steroid dienone is 3. The minimum Gasteiger partial charge on any atom is -0.482 e. The fraction of sp³-hybridized carbons (Fsp3) is 0.0938. The number of thiophene rings is 2. The number of rotatable bonds is 4. The van der Waals surface area contributed by atoms with E-state index in [2.05, 4.69) is 219 Å². The maximum atomic E-state index is 7.06. The van der Waals surface area contributed by atoms with Crippen LogP contribution in [0.25, 0.3) is 95.1 Å². The highest BCUT2D eigenvalue weighted by atomic mass is 32.1. The van der Waals surface area contributed by atoms with Gasteiger partial charge in [0, 0.05) is 91.3 Å². The van der Waals surface area contributed by atoms with Crippen molar-refractivity contribution >= 4 is 124 Å². The van der Waals surface area contributed by atoms with E-state index in [4.69, 9.17) is 14.7 Å². The zero-order valence-electron chi connectivity index (χ0n) is 38.5. The molecule has 3 aromatic heterocycles. The molecule has 2 aliphatic heterocycles. The summed E-state index contributed by atoms with van der Waals surface area (Å²) >= 11 is 3.67. The van der Waals surface area contributed by atoms with Crippen molar-refractivity contribution in [2.24, 2.45) is 15.9 Å². The maximum Gasteiger partial charge on any atom is 0.160 e. The van der Waals surface area contributed by atoms with E-state index in [9.17, 15) is 0 Å². The van der Waals surface area contributed by atoms with Gasteiger partial charge in [-0.3, -0.25) is 0 Å². The van der Waals surface area contributed by atoms with Crippen LogP contribution in [-0.4, -0.2) is 21.7 Å². The molecule has 9 aromatic carbocycles. The third-order valence-electron chi connectivity index (χ3n) is 15.2. The van der Waals surface area contributed by atoms with Gasteiger partial charge < -0.3 is 9.30 Å². The number of benzene rings is 9. The number of fused-ring (bicyclic) bond motifs is 14. The topological polar surface area (TPSA) is 38.9 Å². The SMILES string of the molecule is CC1C/C=C(\c2ccc3c(c2)sc2ccccc23)N=C(c2ccc3c(c2)sc2ccccc23)N=C1c1cc2c(cc1-n1c3cc4ccccc4cc3c3cc4ccccc4cc31)OC1(C)C=CC=CC21. The van der Waals surface area contributed by atoms with Crippen molar-refractivity contribution in [2.45, 2.75) is 31.8 Å². The number of nitrogens with zero attached hydrogens (tertiary/aromatic N) is 3. The average Bonchev–Trinajstić information content (AvgIpc) is 4.12. The molecule has 4 nitrogen and oxygen atoms in total. The lowest BCUT2D eigenvalue weighted by molar-refractivity contribution is 0.155. The maximum absolute atomic E-state index is 7.06. The molecule has 0 N–H and O–H groups in total. The Morgan fingerprint density at radius 3 is 1.79 bits per heavy atom. The van der Waals surface area contributed by atoms with Gasteiger partial charge >= 0.3 is 0 Å².